The van der Waals surface area contributed by atoms with Crippen LogP contribution in [0.1, 0.15) is 25.0 Å². The Morgan fingerprint density at radius 3 is 1.76 bits per heavy atom. The van der Waals surface area contributed by atoms with Gasteiger partial charge in [-0.25, -0.2) is 0 Å². The SMILES string of the molecule is COc1ccc(C(C)(C)c2cc(Cl)c(OC)c(Cl)c2)cc1. The van der Waals surface area contributed by atoms with Gasteiger partial charge in [-0.05, 0) is 35.4 Å². The smallest absolute Gasteiger partial charge is 0.156 e. The number of hydrogen-bond donors (Lipinski definition) is 0. The summed E-state index contributed by atoms with van der Waals surface area (Å²) in [7, 11) is 3.21. The van der Waals surface area contributed by atoms with E-state index >= 15 is 0 Å². The highest BCUT2D eigenvalue weighted by molar-refractivity contribution is 6.37. The predicted octanol–water partition coefficient (Wildman–Crippen LogP) is 5.34. The predicted molar refractivity (Wildman–Crippen MR) is 88.1 cm³/mol. The van der Waals surface area contributed by atoms with Crippen LogP contribution in [-0.2, 0) is 5.41 Å². The summed E-state index contributed by atoms with van der Waals surface area (Å²) in [6.45, 7) is 4.26. The molecule has 0 amide bonds. The summed E-state index contributed by atoms with van der Waals surface area (Å²) < 4.78 is 10.4. The Hall–Kier alpha value is -1.38. The van der Waals surface area contributed by atoms with Crippen LogP contribution in [0, 0.1) is 0 Å². The van der Waals surface area contributed by atoms with E-state index < -0.39 is 0 Å². The maximum absolute atomic E-state index is 6.25. The van der Waals surface area contributed by atoms with Crippen LogP contribution in [0.3, 0.4) is 0 Å². The highest BCUT2D eigenvalue weighted by atomic mass is 35.5. The molecule has 2 nitrogen and oxygen atoms in total. The van der Waals surface area contributed by atoms with Gasteiger partial charge in [-0.2, -0.15) is 0 Å². The largest absolute Gasteiger partial charge is 0.497 e. The molecule has 0 N–H and O–H groups in total. The maximum Gasteiger partial charge on any atom is 0.156 e. The van der Waals surface area contributed by atoms with Gasteiger partial charge in [0.15, 0.2) is 5.75 Å². The van der Waals surface area contributed by atoms with Crippen molar-refractivity contribution in [2.45, 2.75) is 19.3 Å². The zero-order valence-electron chi connectivity index (χ0n) is 12.5. The lowest BCUT2D eigenvalue weighted by atomic mass is 9.78. The minimum Gasteiger partial charge on any atom is -0.497 e. The Balaban J connectivity index is 2.47. The van der Waals surface area contributed by atoms with Crippen LogP contribution in [-0.4, -0.2) is 14.2 Å². The van der Waals surface area contributed by atoms with Gasteiger partial charge in [0.25, 0.3) is 0 Å². The van der Waals surface area contributed by atoms with E-state index in [1.807, 2.05) is 36.4 Å². The second kappa shape index (κ2) is 6.17. The normalized spacial score (nSPS) is 11.3. The highest BCUT2D eigenvalue weighted by Crippen LogP contribution is 2.40. The Bertz CT molecular complexity index is 611. The van der Waals surface area contributed by atoms with E-state index in [9.17, 15) is 0 Å². The lowest BCUT2D eigenvalue weighted by Crippen LogP contribution is -2.19. The molecule has 0 atom stereocenters. The van der Waals surface area contributed by atoms with Crippen LogP contribution < -0.4 is 9.47 Å². The third-order valence-corrected chi connectivity index (χ3v) is 4.30. The molecule has 21 heavy (non-hydrogen) atoms. The minimum absolute atomic E-state index is 0.230. The first-order chi connectivity index (χ1) is 9.90. The molecule has 0 bridgehead atoms. The van der Waals surface area contributed by atoms with Gasteiger partial charge < -0.3 is 9.47 Å². The first-order valence-electron chi connectivity index (χ1n) is 6.58. The number of methoxy groups -OCH3 is 2. The summed E-state index contributed by atoms with van der Waals surface area (Å²) in [4.78, 5) is 0. The van der Waals surface area contributed by atoms with Crippen molar-refractivity contribution in [1.29, 1.82) is 0 Å². The first-order valence-corrected chi connectivity index (χ1v) is 7.33. The second-order valence-electron chi connectivity index (χ2n) is 5.33. The van der Waals surface area contributed by atoms with Crippen molar-refractivity contribution in [2.24, 2.45) is 0 Å². The number of benzene rings is 2. The van der Waals surface area contributed by atoms with Crippen molar-refractivity contribution in [3.05, 3.63) is 57.6 Å². The molecule has 0 heterocycles. The maximum atomic E-state index is 6.25. The summed E-state index contributed by atoms with van der Waals surface area (Å²) >= 11 is 12.5. The summed E-state index contributed by atoms with van der Waals surface area (Å²) in [5.74, 6) is 1.34. The van der Waals surface area contributed by atoms with E-state index in [2.05, 4.69) is 13.8 Å². The molecule has 0 unspecified atom stereocenters. The highest BCUT2D eigenvalue weighted by Gasteiger charge is 2.25. The van der Waals surface area contributed by atoms with Gasteiger partial charge in [0.05, 0.1) is 24.3 Å². The Morgan fingerprint density at radius 2 is 1.33 bits per heavy atom. The minimum atomic E-state index is -0.230. The summed E-state index contributed by atoms with van der Waals surface area (Å²) in [5.41, 5.74) is 1.95. The molecule has 0 aliphatic heterocycles. The van der Waals surface area contributed by atoms with Crippen molar-refractivity contribution < 1.29 is 9.47 Å². The van der Waals surface area contributed by atoms with Gasteiger partial charge in [-0.1, -0.05) is 49.2 Å². The standard InChI is InChI=1S/C17H18Cl2O2/c1-17(2,11-5-7-13(20-3)8-6-11)12-9-14(18)16(21-4)15(19)10-12/h5-10H,1-4H3. The molecule has 0 radical (unpaired) electrons. The molecule has 2 aromatic rings. The summed E-state index contributed by atoms with van der Waals surface area (Å²) in [6, 6.07) is 11.8. The molecule has 0 fully saturated rings. The van der Waals surface area contributed by atoms with Crippen LogP contribution in [0.25, 0.3) is 0 Å². The van der Waals surface area contributed by atoms with E-state index in [1.54, 1.807) is 14.2 Å². The number of rotatable bonds is 4. The number of ether oxygens (including phenoxy) is 2. The van der Waals surface area contributed by atoms with Crippen LogP contribution in [0.4, 0.5) is 0 Å². The van der Waals surface area contributed by atoms with Gasteiger partial charge in [0.1, 0.15) is 5.75 Å². The third kappa shape index (κ3) is 3.12. The van der Waals surface area contributed by atoms with E-state index in [-0.39, 0.29) is 5.41 Å². The Kier molecular flexibility index (Phi) is 4.70. The van der Waals surface area contributed by atoms with Crippen LogP contribution in [0.15, 0.2) is 36.4 Å². The molecule has 0 saturated heterocycles. The van der Waals surface area contributed by atoms with E-state index in [1.165, 1.54) is 0 Å². The molecular formula is C17H18Cl2O2. The molecule has 0 saturated carbocycles. The fourth-order valence-electron chi connectivity index (χ4n) is 2.29. The zero-order valence-corrected chi connectivity index (χ0v) is 14.0. The van der Waals surface area contributed by atoms with E-state index in [0.29, 0.717) is 15.8 Å². The Labute approximate surface area is 135 Å². The lowest BCUT2D eigenvalue weighted by molar-refractivity contribution is 0.414. The van der Waals surface area contributed by atoms with Crippen molar-refractivity contribution in [3.8, 4) is 11.5 Å². The van der Waals surface area contributed by atoms with Crippen LogP contribution in [0.5, 0.6) is 11.5 Å². The monoisotopic (exact) mass is 324 g/mol. The van der Waals surface area contributed by atoms with Crippen molar-refractivity contribution in [1.82, 2.24) is 0 Å². The fourth-order valence-corrected chi connectivity index (χ4v) is 2.93. The van der Waals surface area contributed by atoms with Crippen molar-refractivity contribution in [2.75, 3.05) is 14.2 Å². The van der Waals surface area contributed by atoms with E-state index in [0.717, 1.165) is 16.9 Å². The van der Waals surface area contributed by atoms with Gasteiger partial charge >= 0.3 is 0 Å². The average molecular weight is 325 g/mol. The Morgan fingerprint density at radius 1 is 0.810 bits per heavy atom. The third-order valence-electron chi connectivity index (χ3n) is 3.74. The molecule has 0 aromatic heterocycles. The fraction of sp³-hybridized carbons (Fsp3) is 0.294. The molecule has 0 aliphatic rings. The molecule has 0 spiro atoms. The quantitative estimate of drug-likeness (QED) is 0.756. The van der Waals surface area contributed by atoms with Crippen molar-refractivity contribution >= 4 is 23.2 Å². The second-order valence-corrected chi connectivity index (χ2v) is 6.14. The van der Waals surface area contributed by atoms with Gasteiger partial charge in [-0.15, -0.1) is 0 Å². The van der Waals surface area contributed by atoms with Gasteiger partial charge in [0, 0.05) is 5.41 Å². The van der Waals surface area contributed by atoms with Crippen LogP contribution in [0.2, 0.25) is 10.0 Å². The molecular weight excluding hydrogens is 307 g/mol. The number of halogens is 2. The molecule has 4 heteroatoms. The molecule has 112 valence electrons. The van der Waals surface area contributed by atoms with Gasteiger partial charge in [0.2, 0.25) is 0 Å². The molecule has 2 rings (SSSR count). The topological polar surface area (TPSA) is 18.5 Å². The first kappa shape index (κ1) is 16.0. The zero-order chi connectivity index (χ0) is 15.6. The molecule has 2 aromatic carbocycles. The lowest BCUT2D eigenvalue weighted by Gasteiger charge is -2.27. The summed E-state index contributed by atoms with van der Waals surface area (Å²) in [5, 5.41) is 1.03. The average Bonchev–Trinajstić information content (AvgIpc) is 2.47. The molecule has 0 aliphatic carbocycles. The number of hydrogen-bond acceptors (Lipinski definition) is 2. The van der Waals surface area contributed by atoms with Gasteiger partial charge in [-0.3, -0.25) is 0 Å². The van der Waals surface area contributed by atoms with Crippen LogP contribution >= 0.6 is 23.2 Å². The summed E-state index contributed by atoms with van der Waals surface area (Å²) in [6.07, 6.45) is 0. The van der Waals surface area contributed by atoms with Crippen molar-refractivity contribution in [3.63, 3.8) is 0 Å². The van der Waals surface area contributed by atoms with E-state index in [4.69, 9.17) is 32.7 Å².